The fourth-order valence-corrected chi connectivity index (χ4v) is 3.65. The van der Waals surface area contributed by atoms with Gasteiger partial charge in [-0.25, -0.2) is 0 Å². The first-order valence-electron chi connectivity index (χ1n) is 8.17. The summed E-state index contributed by atoms with van der Waals surface area (Å²) in [5, 5.41) is 10.5. The molecule has 3 heterocycles. The standard InChI is InChI=1S/C19H19N3OS/c1-14(18-20-21-19(23-18)17-8-5-13-24-17)22-11-9-16(10-12-22)15-6-3-2-4-7-15/h2-9,13-14H,10-12H2,1H3/t14-/m0/s1. The summed E-state index contributed by atoms with van der Waals surface area (Å²) >= 11 is 1.62. The van der Waals surface area contributed by atoms with E-state index in [-0.39, 0.29) is 6.04 Å². The average Bonchev–Trinajstić information content (AvgIpc) is 3.33. The van der Waals surface area contributed by atoms with Crippen molar-refractivity contribution in [2.24, 2.45) is 0 Å². The summed E-state index contributed by atoms with van der Waals surface area (Å²) in [7, 11) is 0. The minimum atomic E-state index is 0.125. The van der Waals surface area contributed by atoms with Gasteiger partial charge in [0.2, 0.25) is 5.89 Å². The second kappa shape index (κ2) is 6.71. The SMILES string of the molecule is C[C@@H](c1nnc(-c2cccs2)o1)N1CC=C(c2ccccc2)CC1. The highest BCUT2D eigenvalue weighted by Gasteiger charge is 2.24. The lowest BCUT2D eigenvalue weighted by Crippen LogP contribution is -2.31. The molecule has 3 aromatic rings. The Morgan fingerprint density at radius 1 is 1.12 bits per heavy atom. The summed E-state index contributed by atoms with van der Waals surface area (Å²) in [6, 6.07) is 14.7. The van der Waals surface area contributed by atoms with Crippen LogP contribution in [0.15, 0.2) is 58.3 Å². The lowest BCUT2D eigenvalue weighted by atomic mass is 9.99. The Labute approximate surface area is 145 Å². The normalized spacial score (nSPS) is 16.8. The van der Waals surface area contributed by atoms with Gasteiger partial charge in [0.25, 0.3) is 5.89 Å². The lowest BCUT2D eigenvalue weighted by molar-refractivity contribution is 0.202. The van der Waals surface area contributed by atoms with Crippen LogP contribution in [0.1, 0.15) is 30.8 Å². The van der Waals surface area contributed by atoms with Gasteiger partial charge in [-0.15, -0.1) is 21.5 Å². The van der Waals surface area contributed by atoms with Crippen molar-refractivity contribution in [2.75, 3.05) is 13.1 Å². The summed E-state index contributed by atoms with van der Waals surface area (Å²) in [5.74, 6) is 1.30. The third kappa shape index (κ3) is 3.05. The molecule has 2 aromatic heterocycles. The number of hydrogen-bond acceptors (Lipinski definition) is 5. The van der Waals surface area contributed by atoms with Crippen LogP contribution in [0.25, 0.3) is 16.3 Å². The van der Waals surface area contributed by atoms with Crippen molar-refractivity contribution in [3.8, 4) is 10.8 Å². The predicted octanol–water partition coefficient (Wildman–Crippen LogP) is 4.65. The molecule has 1 atom stereocenters. The van der Waals surface area contributed by atoms with Gasteiger partial charge in [0, 0.05) is 13.1 Å². The number of nitrogens with zero attached hydrogens (tertiary/aromatic N) is 3. The van der Waals surface area contributed by atoms with E-state index in [9.17, 15) is 0 Å². The van der Waals surface area contributed by atoms with Crippen LogP contribution in [0.2, 0.25) is 0 Å². The van der Waals surface area contributed by atoms with E-state index in [1.54, 1.807) is 11.3 Å². The van der Waals surface area contributed by atoms with Crippen LogP contribution < -0.4 is 0 Å². The number of aromatic nitrogens is 2. The van der Waals surface area contributed by atoms with Crippen LogP contribution in [0.4, 0.5) is 0 Å². The second-order valence-electron chi connectivity index (χ2n) is 5.94. The molecule has 122 valence electrons. The number of benzene rings is 1. The molecular weight excluding hydrogens is 318 g/mol. The minimum absolute atomic E-state index is 0.125. The maximum atomic E-state index is 5.88. The fraction of sp³-hybridized carbons (Fsp3) is 0.263. The van der Waals surface area contributed by atoms with Crippen molar-refractivity contribution in [3.63, 3.8) is 0 Å². The molecule has 0 saturated heterocycles. The second-order valence-corrected chi connectivity index (χ2v) is 6.89. The summed E-state index contributed by atoms with van der Waals surface area (Å²) in [5.41, 5.74) is 2.74. The van der Waals surface area contributed by atoms with Crippen LogP contribution in [0.3, 0.4) is 0 Å². The molecule has 4 nitrogen and oxygen atoms in total. The molecule has 24 heavy (non-hydrogen) atoms. The molecule has 0 fully saturated rings. The average molecular weight is 337 g/mol. The highest BCUT2D eigenvalue weighted by atomic mass is 32.1. The van der Waals surface area contributed by atoms with Crippen LogP contribution in [0.5, 0.6) is 0 Å². The van der Waals surface area contributed by atoms with E-state index in [2.05, 4.69) is 58.4 Å². The molecule has 0 unspecified atom stereocenters. The predicted molar refractivity (Wildman–Crippen MR) is 96.6 cm³/mol. The Morgan fingerprint density at radius 2 is 2.00 bits per heavy atom. The molecule has 5 heteroatoms. The zero-order valence-electron chi connectivity index (χ0n) is 13.6. The van der Waals surface area contributed by atoms with Crippen molar-refractivity contribution >= 4 is 16.9 Å². The van der Waals surface area contributed by atoms with Gasteiger partial charge in [-0.1, -0.05) is 42.5 Å². The van der Waals surface area contributed by atoms with E-state index in [1.807, 2.05) is 17.5 Å². The minimum Gasteiger partial charge on any atom is -0.418 e. The van der Waals surface area contributed by atoms with Gasteiger partial charge in [-0.3, -0.25) is 4.90 Å². The molecule has 0 bridgehead atoms. The number of rotatable bonds is 4. The van der Waals surface area contributed by atoms with E-state index in [1.165, 1.54) is 11.1 Å². The lowest BCUT2D eigenvalue weighted by Gasteiger charge is -2.29. The Kier molecular flexibility index (Phi) is 4.28. The van der Waals surface area contributed by atoms with Crippen molar-refractivity contribution in [1.82, 2.24) is 15.1 Å². The summed E-state index contributed by atoms with van der Waals surface area (Å²) in [4.78, 5) is 3.39. The maximum absolute atomic E-state index is 5.88. The molecule has 1 aromatic carbocycles. The van der Waals surface area contributed by atoms with Crippen molar-refractivity contribution in [3.05, 3.63) is 65.4 Å². The molecular formula is C19H19N3OS. The topological polar surface area (TPSA) is 42.2 Å². The Morgan fingerprint density at radius 3 is 2.71 bits per heavy atom. The molecule has 1 aliphatic rings. The van der Waals surface area contributed by atoms with Gasteiger partial charge >= 0.3 is 0 Å². The molecule has 0 spiro atoms. The summed E-state index contributed by atoms with van der Waals surface area (Å²) < 4.78 is 5.88. The first kappa shape index (κ1) is 15.3. The van der Waals surface area contributed by atoms with Crippen LogP contribution >= 0.6 is 11.3 Å². The number of hydrogen-bond donors (Lipinski definition) is 0. The zero-order chi connectivity index (χ0) is 16.4. The van der Waals surface area contributed by atoms with Crippen molar-refractivity contribution in [1.29, 1.82) is 0 Å². The Bertz CT molecular complexity index is 823. The molecule has 1 aliphatic heterocycles. The van der Waals surface area contributed by atoms with E-state index >= 15 is 0 Å². The van der Waals surface area contributed by atoms with Gasteiger partial charge in [-0.05, 0) is 35.9 Å². The van der Waals surface area contributed by atoms with Crippen molar-refractivity contribution < 1.29 is 4.42 Å². The third-order valence-corrected chi connectivity index (χ3v) is 5.32. The quantitative estimate of drug-likeness (QED) is 0.695. The number of thiophene rings is 1. The highest BCUT2D eigenvalue weighted by molar-refractivity contribution is 7.13. The monoisotopic (exact) mass is 337 g/mol. The maximum Gasteiger partial charge on any atom is 0.257 e. The first-order chi connectivity index (χ1) is 11.8. The van der Waals surface area contributed by atoms with Gasteiger partial charge in [0.1, 0.15) is 0 Å². The molecule has 0 N–H and O–H groups in total. The zero-order valence-corrected chi connectivity index (χ0v) is 14.4. The van der Waals surface area contributed by atoms with E-state index < -0.39 is 0 Å². The smallest absolute Gasteiger partial charge is 0.257 e. The fourth-order valence-electron chi connectivity index (χ4n) is 3.01. The van der Waals surface area contributed by atoms with Gasteiger partial charge in [0.15, 0.2) is 0 Å². The summed E-state index contributed by atoms with van der Waals surface area (Å²) in [6.45, 7) is 4.04. The van der Waals surface area contributed by atoms with E-state index in [4.69, 9.17) is 4.42 Å². The molecule has 4 rings (SSSR count). The van der Waals surface area contributed by atoms with Crippen LogP contribution in [0, 0.1) is 0 Å². The van der Waals surface area contributed by atoms with Gasteiger partial charge < -0.3 is 4.42 Å². The Hall–Kier alpha value is -2.24. The van der Waals surface area contributed by atoms with Crippen molar-refractivity contribution in [2.45, 2.75) is 19.4 Å². The highest BCUT2D eigenvalue weighted by Crippen LogP contribution is 2.29. The Balaban J connectivity index is 1.46. The third-order valence-electron chi connectivity index (χ3n) is 4.46. The molecule has 0 saturated carbocycles. The van der Waals surface area contributed by atoms with E-state index in [0.29, 0.717) is 11.8 Å². The molecule has 0 amide bonds. The van der Waals surface area contributed by atoms with Crippen LogP contribution in [-0.4, -0.2) is 28.2 Å². The van der Waals surface area contributed by atoms with Gasteiger partial charge in [-0.2, -0.15) is 0 Å². The molecule has 0 aliphatic carbocycles. The largest absolute Gasteiger partial charge is 0.418 e. The van der Waals surface area contributed by atoms with E-state index in [0.717, 1.165) is 24.4 Å². The molecule has 0 radical (unpaired) electrons. The first-order valence-corrected chi connectivity index (χ1v) is 9.05. The van der Waals surface area contributed by atoms with Crippen LogP contribution in [-0.2, 0) is 0 Å². The summed E-state index contributed by atoms with van der Waals surface area (Å²) in [6.07, 6.45) is 3.35. The van der Waals surface area contributed by atoms with Gasteiger partial charge in [0.05, 0.1) is 10.9 Å².